The molecule has 0 spiro atoms. The maximum atomic E-state index is 5.38. The summed E-state index contributed by atoms with van der Waals surface area (Å²) in [7, 11) is 0. The van der Waals surface area contributed by atoms with Crippen LogP contribution in [0, 0.1) is 0 Å². The van der Waals surface area contributed by atoms with Crippen LogP contribution in [0.25, 0.3) is 128 Å². The second kappa shape index (κ2) is 14.6. The first-order chi connectivity index (χ1) is 33.5. The Balaban J connectivity index is 0.987. The third-order valence-electron chi connectivity index (χ3n) is 14.5. The minimum Gasteiger partial charge on any atom is -0.308 e. The molecule has 12 aromatic rings. The van der Waals surface area contributed by atoms with Crippen LogP contribution >= 0.6 is 0 Å². The molecule has 2 aliphatic rings. The van der Waals surface area contributed by atoms with Gasteiger partial charge in [0.1, 0.15) is 0 Å². The van der Waals surface area contributed by atoms with Gasteiger partial charge in [-0.3, -0.25) is 0 Å². The molecular weight excluding hydrogens is 825 g/mol. The average Bonchev–Trinajstić information content (AvgIpc) is 3.82. The third-order valence-corrected chi connectivity index (χ3v) is 14.5. The molecule has 0 amide bonds. The Bertz CT molecular complexity index is 3990. The first-order valence-electron chi connectivity index (χ1n) is 23.4. The molecule has 3 heterocycles. The summed E-state index contributed by atoms with van der Waals surface area (Å²) in [4.78, 5) is 16.0. The normalized spacial score (nSPS) is 13.0. The van der Waals surface area contributed by atoms with Crippen LogP contribution in [0.3, 0.4) is 0 Å². The standard InChI is InChI=1S/C64H42N4/c1-64(2)53-27-14-26-51-50-24-11-12-28-55(50)68-56-29-15-25-49(57(56)52-32-33-54(64)59(58(51)53)60(52)68)43-22-13-23-44(35-43)61-65-62(45-31-30-41-20-9-10-21-42(41)34-45)67-63(66-61)48-37-46(39-16-5-3-6-17-39)36-47(38-48)40-18-7-4-8-19-40/h3-38H,1-2H3. The van der Waals surface area contributed by atoms with Gasteiger partial charge in [-0.1, -0.05) is 190 Å². The number of hydrogen-bond donors (Lipinski definition) is 0. The third kappa shape index (κ3) is 5.77. The summed E-state index contributed by atoms with van der Waals surface area (Å²) in [5.41, 5.74) is 21.1. The molecule has 4 heteroatoms. The zero-order chi connectivity index (χ0) is 45.1. The molecule has 0 saturated carbocycles. The zero-order valence-electron chi connectivity index (χ0n) is 37.6. The predicted octanol–water partition coefficient (Wildman–Crippen LogP) is 16.4. The highest BCUT2D eigenvalue weighted by Gasteiger charge is 2.41. The highest BCUT2D eigenvalue weighted by Crippen LogP contribution is 2.58. The summed E-state index contributed by atoms with van der Waals surface area (Å²) in [5, 5.41) is 4.80. The second-order valence-electron chi connectivity index (χ2n) is 18.8. The van der Waals surface area contributed by atoms with E-state index >= 15 is 0 Å². The van der Waals surface area contributed by atoms with Crippen LogP contribution in [0.4, 0.5) is 0 Å². The lowest BCUT2D eigenvalue weighted by Crippen LogP contribution is -2.15. The number of nitrogens with zero attached hydrogens (tertiary/aromatic N) is 4. The average molecular weight is 867 g/mol. The van der Waals surface area contributed by atoms with Crippen molar-refractivity contribution >= 4 is 32.6 Å². The Kier molecular flexibility index (Phi) is 8.29. The van der Waals surface area contributed by atoms with Crippen molar-refractivity contribution in [3.05, 3.63) is 230 Å². The van der Waals surface area contributed by atoms with Crippen LogP contribution in [0.15, 0.2) is 218 Å². The molecule has 10 aromatic carbocycles. The monoisotopic (exact) mass is 866 g/mol. The van der Waals surface area contributed by atoms with Crippen molar-refractivity contribution in [2.75, 3.05) is 0 Å². The van der Waals surface area contributed by atoms with Crippen molar-refractivity contribution in [2.45, 2.75) is 19.3 Å². The number of rotatable bonds is 6. The lowest BCUT2D eigenvalue weighted by atomic mass is 9.81. The number of benzene rings is 10. The molecule has 2 aromatic heterocycles. The van der Waals surface area contributed by atoms with Crippen molar-refractivity contribution < 1.29 is 0 Å². The van der Waals surface area contributed by atoms with Crippen molar-refractivity contribution in [1.29, 1.82) is 0 Å². The number of hydrogen-bond acceptors (Lipinski definition) is 3. The minimum atomic E-state index is -0.124. The molecule has 318 valence electrons. The Morgan fingerprint density at radius 3 is 1.66 bits per heavy atom. The number of aromatic nitrogens is 4. The van der Waals surface area contributed by atoms with E-state index in [4.69, 9.17) is 15.0 Å². The molecule has 0 radical (unpaired) electrons. The van der Waals surface area contributed by atoms with E-state index in [1.807, 2.05) is 0 Å². The Hall–Kier alpha value is -8.73. The molecule has 4 nitrogen and oxygen atoms in total. The Morgan fingerprint density at radius 2 is 0.897 bits per heavy atom. The van der Waals surface area contributed by atoms with Gasteiger partial charge in [-0.05, 0) is 109 Å². The zero-order valence-corrected chi connectivity index (χ0v) is 37.6. The van der Waals surface area contributed by atoms with Crippen LogP contribution in [0.1, 0.15) is 25.0 Å². The molecule has 0 fully saturated rings. The quantitative estimate of drug-likeness (QED) is 0.167. The SMILES string of the molecule is CC1(C)c2cccc3c2-c2c1ccc1c4c(-c5cccc(-c6nc(-c7cc(-c8ccccc8)cc(-c8ccccc8)c7)nc(-c7ccc8ccccc8c7)n6)c5)cccc4n(c21)-c1ccccc1-3. The molecule has 0 atom stereocenters. The Labute approximate surface area is 394 Å². The van der Waals surface area contributed by atoms with Gasteiger partial charge in [0.15, 0.2) is 17.5 Å². The molecule has 68 heavy (non-hydrogen) atoms. The topological polar surface area (TPSA) is 43.6 Å². The fourth-order valence-corrected chi connectivity index (χ4v) is 11.3. The van der Waals surface area contributed by atoms with E-state index < -0.39 is 0 Å². The van der Waals surface area contributed by atoms with Gasteiger partial charge in [0.2, 0.25) is 0 Å². The van der Waals surface area contributed by atoms with E-state index in [-0.39, 0.29) is 5.41 Å². The van der Waals surface area contributed by atoms with E-state index in [9.17, 15) is 0 Å². The molecule has 0 bridgehead atoms. The van der Waals surface area contributed by atoms with Crippen LogP contribution in [0.5, 0.6) is 0 Å². The summed E-state index contributed by atoms with van der Waals surface area (Å²) < 4.78 is 2.54. The second-order valence-corrected chi connectivity index (χ2v) is 18.8. The molecular formula is C64H42N4. The van der Waals surface area contributed by atoms with Crippen molar-refractivity contribution in [1.82, 2.24) is 19.5 Å². The largest absolute Gasteiger partial charge is 0.308 e. The minimum absolute atomic E-state index is 0.124. The predicted molar refractivity (Wildman–Crippen MR) is 281 cm³/mol. The van der Waals surface area contributed by atoms with Gasteiger partial charge in [0.25, 0.3) is 0 Å². The van der Waals surface area contributed by atoms with Gasteiger partial charge in [0, 0.05) is 44.0 Å². The summed E-state index contributed by atoms with van der Waals surface area (Å²) in [6.07, 6.45) is 0. The summed E-state index contributed by atoms with van der Waals surface area (Å²) in [6.45, 7) is 4.76. The van der Waals surface area contributed by atoms with Gasteiger partial charge >= 0.3 is 0 Å². The molecule has 0 N–H and O–H groups in total. The van der Waals surface area contributed by atoms with E-state index in [2.05, 4.69) is 237 Å². The number of para-hydroxylation sites is 1. The van der Waals surface area contributed by atoms with Crippen LogP contribution in [-0.4, -0.2) is 19.5 Å². The first-order valence-corrected chi connectivity index (χ1v) is 23.4. The van der Waals surface area contributed by atoms with Gasteiger partial charge in [0.05, 0.1) is 16.7 Å². The van der Waals surface area contributed by atoms with Crippen LogP contribution in [-0.2, 0) is 5.41 Å². The number of fused-ring (bicyclic) bond motifs is 7. The smallest absolute Gasteiger partial charge is 0.164 e. The summed E-state index contributed by atoms with van der Waals surface area (Å²) in [6, 6.07) is 78.8. The van der Waals surface area contributed by atoms with Gasteiger partial charge < -0.3 is 4.57 Å². The van der Waals surface area contributed by atoms with Crippen molar-refractivity contribution in [2.24, 2.45) is 0 Å². The highest BCUT2D eigenvalue weighted by atomic mass is 15.0. The van der Waals surface area contributed by atoms with Crippen molar-refractivity contribution in [3.63, 3.8) is 0 Å². The molecule has 14 rings (SSSR count). The lowest BCUT2D eigenvalue weighted by Gasteiger charge is -2.22. The van der Waals surface area contributed by atoms with E-state index in [1.165, 1.54) is 71.8 Å². The van der Waals surface area contributed by atoms with Crippen LogP contribution in [0.2, 0.25) is 0 Å². The maximum Gasteiger partial charge on any atom is 0.164 e. The lowest BCUT2D eigenvalue weighted by molar-refractivity contribution is 0.661. The maximum absolute atomic E-state index is 5.38. The molecule has 1 aliphatic carbocycles. The van der Waals surface area contributed by atoms with E-state index in [0.29, 0.717) is 17.5 Å². The highest BCUT2D eigenvalue weighted by molar-refractivity contribution is 6.22. The van der Waals surface area contributed by atoms with E-state index in [1.54, 1.807) is 0 Å². The molecule has 0 unspecified atom stereocenters. The van der Waals surface area contributed by atoms with Crippen molar-refractivity contribution in [3.8, 4) is 95.5 Å². The fraction of sp³-hybridized carbons (Fsp3) is 0.0469. The summed E-state index contributed by atoms with van der Waals surface area (Å²) in [5.74, 6) is 1.86. The molecule has 1 aliphatic heterocycles. The van der Waals surface area contributed by atoms with Gasteiger partial charge in [-0.2, -0.15) is 0 Å². The summed E-state index contributed by atoms with van der Waals surface area (Å²) >= 11 is 0. The first kappa shape index (κ1) is 38.5. The Morgan fingerprint density at radius 1 is 0.353 bits per heavy atom. The van der Waals surface area contributed by atoms with Gasteiger partial charge in [-0.15, -0.1) is 0 Å². The van der Waals surface area contributed by atoms with Gasteiger partial charge in [-0.25, -0.2) is 15.0 Å². The van der Waals surface area contributed by atoms with E-state index in [0.717, 1.165) is 49.9 Å². The molecule has 0 saturated heterocycles. The van der Waals surface area contributed by atoms with Crippen LogP contribution < -0.4 is 0 Å². The fourth-order valence-electron chi connectivity index (χ4n) is 11.3.